The second-order valence-corrected chi connectivity index (χ2v) is 12.7. The number of carbonyl (C=O) groups is 2. The summed E-state index contributed by atoms with van der Waals surface area (Å²) in [4.78, 5) is 27.1. The maximum absolute atomic E-state index is 13.6. The molecule has 210 valence electrons. The van der Waals surface area contributed by atoms with E-state index in [0.29, 0.717) is 23.0 Å². The van der Waals surface area contributed by atoms with Gasteiger partial charge in [0.15, 0.2) is 0 Å². The number of methoxy groups -OCH3 is 2. The number of allylic oxidation sites excluding steroid dienone is 6. The van der Waals surface area contributed by atoms with E-state index in [1.54, 1.807) is 0 Å². The van der Waals surface area contributed by atoms with Gasteiger partial charge in [0.1, 0.15) is 0 Å². The number of hydrogen-bond acceptors (Lipinski definition) is 4. The lowest BCUT2D eigenvalue weighted by Crippen LogP contribution is -2.29. The second-order valence-electron chi connectivity index (χ2n) is 12.7. The summed E-state index contributed by atoms with van der Waals surface area (Å²) in [6.07, 6.45) is 6.59. The van der Waals surface area contributed by atoms with E-state index in [2.05, 4.69) is 97.9 Å². The Morgan fingerprint density at radius 1 is 0.900 bits per heavy atom. The van der Waals surface area contributed by atoms with Gasteiger partial charge >= 0.3 is 11.9 Å². The fraction of sp³-hybridized carbons (Fsp3) is 0.444. The first-order valence-corrected chi connectivity index (χ1v) is 14.4. The molecule has 5 aliphatic rings. The zero-order chi connectivity index (χ0) is 29.3. The minimum absolute atomic E-state index is 0.0773. The molecule has 0 aromatic rings. The zero-order valence-electron chi connectivity index (χ0n) is 25.6. The van der Waals surface area contributed by atoms with Crippen molar-refractivity contribution in [2.45, 2.75) is 67.2 Å². The molecule has 0 spiro atoms. The first-order chi connectivity index (χ1) is 18.9. The summed E-state index contributed by atoms with van der Waals surface area (Å²) >= 11 is 0. The standard InChI is InChI=1S/C36H42O4/c1-18(2)23-12-11-20(5)28-25(16-23)21(6)15-27(28)29-22(7)26-17-24(19(3)4)13-14-36(8)32(26)30(29)31(34(37)39-9)33(36)35(38)40-10/h11-19,29-30,32H,1-10H3/t29-,30+,32+,36+/m0/s1. The van der Waals surface area contributed by atoms with Crippen LogP contribution in [-0.4, -0.2) is 26.2 Å². The van der Waals surface area contributed by atoms with Crippen LogP contribution in [0.5, 0.6) is 0 Å². The van der Waals surface area contributed by atoms with Crippen molar-refractivity contribution >= 4 is 11.9 Å². The highest BCUT2D eigenvalue weighted by Gasteiger charge is 2.61. The van der Waals surface area contributed by atoms with E-state index in [4.69, 9.17) is 9.47 Å². The van der Waals surface area contributed by atoms with Crippen molar-refractivity contribution in [3.8, 4) is 11.1 Å². The molecule has 0 unspecified atom stereocenters. The van der Waals surface area contributed by atoms with Crippen LogP contribution >= 0.6 is 0 Å². The largest absolute Gasteiger partial charge is 0.466 e. The Morgan fingerprint density at radius 3 is 2.17 bits per heavy atom. The fourth-order valence-corrected chi connectivity index (χ4v) is 7.66. The molecule has 5 aliphatic carbocycles. The molecule has 0 amide bonds. The van der Waals surface area contributed by atoms with Crippen molar-refractivity contribution in [3.05, 3.63) is 92.6 Å². The van der Waals surface area contributed by atoms with E-state index in [9.17, 15) is 9.59 Å². The lowest BCUT2D eigenvalue weighted by Gasteiger charge is -2.32. The van der Waals surface area contributed by atoms with Crippen LogP contribution in [0.25, 0.3) is 11.1 Å². The summed E-state index contributed by atoms with van der Waals surface area (Å²) in [5, 5.41) is 0. The van der Waals surface area contributed by atoms with Crippen LogP contribution in [0.4, 0.5) is 0 Å². The van der Waals surface area contributed by atoms with Crippen LogP contribution in [-0.2, 0) is 19.1 Å². The van der Waals surface area contributed by atoms with Crippen LogP contribution in [0, 0.1) is 37.0 Å². The Labute approximate surface area is 239 Å². The molecular weight excluding hydrogens is 496 g/mol. The first-order valence-electron chi connectivity index (χ1n) is 14.4. The van der Waals surface area contributed by atoms with Crippen molar-refractivity contribution in [1.82, 2.24) is 0 Å². The minimum atomic E-state index is -0.707. The van der Waals surface area contributed by atoms with Gasteiger partial charge in [0, 0.05) is 23.2 Å². The fourth-order valence-electron chi connectivity index (χ4n) is 7.66. The third-order valence-electron chi connectivity index (χ3n) is 9.76. The van der Waals surface area contributed by atoms with Crippen LogP contribution in [0.2, 0.25) is 0 Å². The van der Waals surface area contributed by atoms with Gasteiger partial charge in [0.25, 0.3) is 0 Å². The van der Waals surface area contributed by atoms with E-state index in [0.717, 1.165) is 0 Å². The van der Waals surface area contributed by atoms with Gasteiger partial charge in [-0.05, 0) is 77.1 Å². The van der Waals surface area contributed by atoms with E-state index < -0.39 is 17.4 Å². The van der Waals surface area contributed by atoms with Gasteiger partial charge in [0.05, 0.1) is 25.4 Å². The normalized spacial score (nSPS) is 25.6. The van der Waals surface area contributed by atoms with E-state index in [1.165, 1.54) is 64.3 Å². The first kappa shape index (κ1) is 28.1. The number of ether oxygens (including phenoxy) is 2. The van der Waals surface area contributed by atoms with Gasteiger partial charge in [0.2, 0.25) is 0 Å². The molecule has 0 aromatic carbocycles. The van der Waals surface area contributed by atoms with Crippen LogP contribution < -0.4 is 0 Å². The summed E-state index contributed by atoms with van der Waals surface area (Å²) in [7, 11) is 2.79. The third kappa shape index (κ3) is 3.94. The van der Waals surface area contributed by atoms with Gasteiger partial charge in [-0.25, -0.2) is 9.59 Å². The molecule has 4 atom stereocenters. The molecule has 0 N–H and O–H groups in total. The van der Waals surface area contributed by atoms with Crippen LogP contribution in [0.15, 0.2) is 70.4 Å². The average Bonchev–Trinajstić information content (AvgIpc) is 3.35. The summed E-state index contributed by atoms with van der Waals surface area (Å²) in [5.74, 6) is -0.578. The number of esters is 2. The summed E-state index contributed by atoms with van der Waals surface area (Å²) in [6, 6.07) is 9.10. The Hall–Kier alpha value is -3.40. The molecule has 0 saturated carbocycles. The molecule has 0 fully saturated rings. The third-order valence-corrected chi connectivity index (χ3v) is 9.76. The van der Waals surface area contributed by atoms with Gasteiger partial charge < -0.3 is 9.47 Å². The van der Waals surface area contributed by atoms with E-state index in [-0.39, 0.29) is 17.8 Å². The number of fused-ring (bicyclic) bond motifs is 1. The molecule has 0 heterocycles. The molecule has 0 bridgehead atoms. The van der Waals surface area contributed by atoms with Crippen molar-refractivity contribution in [2.24, 2.45) is 23.2 Å². The zero-order valence-corrected chi connectivity index (χ0v) is 25.6. The lowest BCUT2D eigenvalue weighted by molar-refractivity contribution is -0.139. The topological polar surface area (TPSA) is 52.6 Å². The summed E-state index contributed by atoms with van der Waals surface area (Å²) in [5.41, 5.74) is 11.3. The van der Waals surface area contributed by atoms with E-state index in [1.807, 2.05) is 0 Å². The minimum Gasteiger partial charge on any atom is -0.466 e. The molecule has 40 heavy (non-hydrogen) atoms. The molecule has 0 aromatic heterocycles. The van der Waals surface area contributed by atoms with E-state index >= 15 is 0 Å². The van der Waals surface area contributed by atoms with Crippen molar-refractivity contribution < 1.29 is 19.1 Å². The van der Waals surface area contributed by atoms with Crippen molar-refractivity contribution in [2.75, 3.05) is 14.2 Å². The van der Waals surface area contributed by atoms with Crippen molar-refractivity contribution in [1.29, 1.82) is 0 Å². The van der Waals surface area contributed by atoms with Gasteiger partial charge in [-0.2, -0.15) is 0 Å². The maximum atomic E-state index is 13.6. The molecular formula is C36H42O4. The van der Waals surface area contributed by atoms with Gasteiger partial charge in [-0.15, -0.1) is 0 Å². The predicted molar refractivity (Wildman–Crippen MR) is 160 cm³/mol. The second kappa shape index (κ2) is 9.90. The molecule has 0 aliphatic heterocycles. The maximum Gasteiger partial charge on any atom is 0.335 e. The highest BCUT2D eigenvalue weighted by molar-refractivity contribution is 6.04. The molecule has 4 heteroatoms. The highest BCUT2D eigenvalue weighted by Crippen LogP contribution is 2.67. The summed E-state index contributed by atoms with van der Waals surface area (Å²) < 4.78 is 10.7. The van der Waals surface area contributed by atoms with Gasteiger partial charge in [-0.3, -0.25) is 0 Å². The Kier molecular flexibility index (Phi) is 6.97. The smallest absolute Gasteiger partial charge is 0.335 e. The van der Waals surface area contributed by atoms with Crippen molar-refractivity contribution in [3.63, 3.8) is 0 Å². The molecule has 4 nitrogen and oxygen atoms in total. The molecule has 5 rings (SSSR count). The predicted octanol–water partition coefficient (Wildman–Crippen LogP) is 7.99. The Morgan fingerprint density at radius 2 is 1.57 bits per heavy atom. The molecule has 0 radical (unpaired) electrons. The Bertz CT molecular complexity index is 1510. The number of rotatable bonds is 5. The number of aryl methyl sites for hydroxylation is 2. The molecule has 0 saturated heterocycles. The van der Waals surface area contributed by atoms with Crippen LogP contribution in [0.1, 0.15) is 75.6 Å². The average molecular weight is 539 g/mol. The SMILES string of the molecule is COC(=O)C1=C(C(=O)OC)[C@]2(C)C=CC(C(C)C)=CC3=C(C)[C@@H](c4cc(C)c5cc(C(C)C)ccc(C)c4-5)[C@H]1[C@@H]32. The van der Waals surface area contributed by atoms with Gasteiger partial charge in [-0.1, -0.05) is 82.7 Å². The van der Waals surface area contributed by atoms with Crippen LogP contribution in [0.3, 0.4) is 0 Å². The highest BCUT2D eigenvalue weighted by atomic mass is 16.5. The lowest BCUT2D eigenvalue weighted by atomic mass is 9.70. The number of hydrogen-bond donors (Lipinski definition) is 0. The monoisotopic (exact) mass is 538 g/mol. The number of carbonyl (C=O) groups excluding carboxylic acids is 2. The summed E-state index contributed by atoms with van der Waals surface area (Å²) in [6.45, 7) is 17.5. The quantitative estimate of drug-likeness (QED) is 0.362. The Balaban J connectivity index is 1.86.